The van der Waals surface area contributed by atoms with Crippen LogP contribution in [0.5, 0.6) is 0 Å². The van der Waals surface area contributed by atoms with Crippen molar-refractivity contribution in [3.05, 3.63) is 40.1 Å². The second-order valence-electron chi connectivity index (χ2n) is 5.35. The third-order valence-electron chi connectivity index (χ3n) is 3.64. The molecule has 2 aromatic heterocycles. The molecule has 3 rings (SSSR count). The van der Waals surface area contributed by atoms with Crippen LogP contribution < -0.4 is 4.90 Å². The number of aryl methyl sites for hydroxylation is 1. The van der Waals surface area contributed by atoms with Crippen LogP contribution in [0, 0.1) is 17.0 Å². The molecule has 1 aliphatic heterocycles. The molecule has 1 unspecified atom stereocenters. The number of ether oxygens (including phenoxy) is 1. The molecule has 1 saturated heterocycles. The standard InChI is InChI=1S/C14H18N4O4/c1-10-15-13(14(16-10)18(19)20)17(8-11-4-2-6-21-11)9-12-5-3-7-22-12/h2,4,6,12H,3,5,7-9H2,1H3,(H,15,16). The van der Waals surface area contributed by atoms with Gasteiger partial charge in [-0.1, -0.05) is 0 Å². The zero-order valence-electron chi connectivity index (χ0n) is 12.3. The van der Waals surface area contributed by atoms with E-state index in [2.05, 4.69) is 9.97 Å². The second-order valence-corrected chi connectivity index (χ2v) is 5.35. The van der Waals surface area contributed by atoms with Crippen molar-refractivity contribution in [2.45, 2.75) is 32.4 Å². The minimum Gasteiger partial charge on any atom is -0.467 e. The van der Waals surface area contributed by atoms with Gasteiger partial charge in [0.1, 0.15) is 5.76 Å². The van der Waals surface area contributed by atoms with Crippen molar-refractivity contribution in [2.75, 3.05) is 18.1 Å². The number of H-pyrrole nitrogens is 1. The van der Waals surface area contributed by atoms with E-state index in [0.29, 0.717) is 24.7 Å². The lowest BCUT2D eigenvalue weighted by molar-refractivity contribution is -0.388. The number of nitrogens with one attached hydrogen (secondary N) is 1. The minimum atomic E-state index is -0.444. The van der Waals surface area contributed by atoms with Crippen molar-refractivity contribution in [1.82, 2.24) is 9.97 Å². The molecule has 0 saturated carbocycles. The van der Waals surface area contributed by atoms with Crippen LogP contribution in [-0.4, -0.2) is 34.1 Å². The number of hydrogen-bond acceptors (Lipinski definition) is 6. The molecule has 8 heteroatoms. The van der Waals surface area contributed by atoms with Gasteiger partial charge in [-0.15, -0.1) is 0 Å². The van der Waals surface area contributed by atoms with Crippen LogP contribution in [0.4, 0.5) is 11.6 Å². The summed E-state index contributed by atoms with van der Waals surface area (Å²) in [5.74, 6) is 1.47. The summed E-state index contributed by atoms with van der Waals surface area (Å²) in [7, 11) is 0. The maximum absolute atomic E-state index is 11.2. The molecule has 0 radical (unpaired) electrons. The fourth-order valence-electron chi connectivity index (χ4n) is 2.67. The number of rotatable bonds is 6. The summed E-state index contributed by atoms with van der Waals surface area (Å²) in [6, 6.07) is 3.64. The molecule has 2 aromatic rings. The van der Waals surface area contributed by atoms with Crippen LogP contribution in [0.25, 0.3) is 0 Å². The first kappa shape index (κ1) is 14.6. The van der Waals surface area contributed by atoms with E-state index < -0.39 is 4.92 Å². The zero-order valence-corrected chi connectivity index (χ0v) is 12.3. The van der Waals surface area contributed by atoms with Gasteiger partial charge >= 0.3 is 5.82 Å². The number of imidazole rings is 1. The topological polar surface area (TPSA) is 97.4 Å². The highest BCUT2D eigenvalue weighted by Crippen LogP contribution is 2.28. The van der Waals surface area contributed by atoms with Crippen LogP contribution in [0.1, 0.15) is 24.4 Å². The molecular weight excluding hydrogens is 288 g/mol. The normalized spacial score (nSPS) is 17.8. The van der Waals surface area contributed by atoms with Crippen LogP contribution in [-0.2, 0) is 11.3 Å². The molecular formula is C14H18N4O4. The molecule has 1 aliphatic rings. The fraction of sp³-hybridized carbons (Fsp3) is 0.500. The Morgan fingerprint density at radius 3 is 3.09 bits per heavy atom. The highest BCUT2D eigenvalue weighted by Gasteiger charge is 2.28. The van der Waals surface area contributed by atoms with Gasteiger partial charge in [0.15, 0.2) is 5.82 Å². The fourth-order valence-corrected chi connectivity index (χ4v) is 2.67. The van der Waals surface area contributed by atoms with Crippen LogP contribution in [0.15, 0.2) is 22.8 Å². The van der Waals surface area contributed by atoms with Gasteiger partial charge in [0.2, 0.25) is 5.82 Å². The summed E-state index contributed by atoms with van der Waals surface area (Å²) in [4.78, 5) is 19.6. The summed E-state index contributed by atoms with van der Waals surface area (Å²) in [5.41, 5.74) is 0. The van der Waals surface area contributed by atoms with Crippen LogP contribution in [0.2, 0.25) is 0 Å². The first-order valence-electron chi connectivity index (χ1n) is 7.23. The zero-order chi connectivity index (χ0) is 15.5. The van der Waals surface area contributed by atoms with E-state index in [1.807, 2.05) is 11.0 Å². The SMILES string of the molecule is Cc1nc(N(Cc2ccco2)CC2CCCO2)c([N+](=O)[O-])[nH]1. The van der Waals surface area contributed by atoms with Crippen molar-refractivity contribution in [2.24, 2.45) is 0 Å². The summed E-state index contributed by atoms with van der Waals surface area (Å²) < 4.78 is 11.0. The average Bonchev–Trinajstić information content (AvgIpc) is 3.18. The van der Waals surface area contributed by atoms with Crippen molar-refractivity contribution in [1.29, 1.82) is 0 Å². The van der Waals surface area contributed by atoms with E-state index >= 15 is 0 Å². The third-order valence-corrected chi connectivity index (χ3v) is 3.64. The van der Waals surface area contributed by atoms with E-state index in [-0.39, 0.29) is 11.9 Å². The van der Waals surface area contributed by atoms with Gasteiger partial charge in [-0.3, -0.25) is 0 Å². The molecule has 0 spiro atoms. The van der Waals surface area contributed by atoms with E-state index in [1.54, 1.807) is 19.3 Å². The number of nitro groups is 1. The lowest BCUT2D eigenvalue weighted by Crippen LogP contribution is -2.32. The Labute approximate surface area is 127 Å². The van der Waals surface area contributed by atoms with E-state index in [4.69, 9.17) is 9.15 Å². The lowest BCUT2D eigenvalue weighted by atomic mass is 10.2. The monoisotopic (exact) mass is 306 g/mol. The van der Waals surface area contributed by atoms with Crippen molar-refractivity contribution in [3.8, 4) is 0 Å². The Kier molecular flexibility index (Phi) is 4.10. The molecule has 1 atom stereocenters. The highest BCUT2D eigenvalue weighted by molar-refractivity contribution is 5.54. The molecule has 118 valence electrons. The predicted molar refractivity (Wildman–Crippen MR) is 78.7 cm³/mol. The number of hydrogen-bond donors (Lipinski definition) is 1. The lowest BCUT2D eigenvalue weighted by Gasteiger charge is -2.23. The molecule has 8 nitrogen and oxygen atoms in total. The Bertz CT molecular complexity index is 631. The van der Waals surface area contributed by atoms with Gasteiger partial charge in [0.05, 0.1) is 18.9 Å². The molecule has 3 heterocycles. The number of furan rings is 1. The minimum absolute atomic E-state index is 0.0616. The Morgan fingerprint density at radius 2 is 2.45 bits per heavy atom. The van der Waals surface area contributed by atoms with Crippen molar-refractivity contribution in [3.63, 3.8) is 0 Å². The summed E-state index contributed by atoms with van der Waals surface area (Å²) in [6.45, 7) is 3.40. The van der Waals surface area contributed by atoms with E-state index in [9.17, 15) is 10.1 Å². The molecule has 0 amide bonds. The van der Waals surface area contributed by atoms with Crippen molar-refractivity contribution >= 4 is 11.6 Å². The van der Waals surface area contributed by atoms with Crippen molar-refractivity contribution < 1.29 is 14.1 Å². The van der Waals surface area contributed by atoms with Gasteiger partial charge in [-0.25, -0.2) is 4.98 Å². The summed E-state index contributed by atoms with van der Waals surface area (Å²) >= 11 is 0. The first-order valence-corrected chi connectivity index (χ1v) is 7.23. The molecule has 0 bridgehead atoms. The summed E-state index contributed by atoms with van der Waals surface area (Å²) in [5, 5.41) is 11.2. The molecule has 1 fully saturated rings. The Hall–Kier alpha value is -2.35. The number of nitrogens with zero attached hydrogens (tertiary/aromatic N) is 3. The van der Waals surface area contributed by atoms with E-state index in [1.165, 1.54) is 0 Å². The van der Waals surface area contributed by atoms with Gasteiger partial charge in [0, 0.05) is 20.1 Å². The number of anilines is 1. The smallest absolute Gasteiger partial charge is 0.365 e. The van der Waals surface area contributed by atoms with Crippen LogP contribution >= 0.6 is 0 Å². The van der Waals surface area contributed by atoms with Crippen LogP contribution in [0.3, 0.4) is 0 Å². The third kappa shape index (κ3) is 3.11. The van der Waals surface area contributed by atoms with Gasteiger partial charge in [-0.05, 0) is 29.9 Å². The van der Waals surface area contributed by atoms with Gasteiger partial charge < -0.3 is 24.2 Å². The highest BCUT2D eigenvalue weighted by atomic mass is 16.6. The predicted octanol–water partition coefficient (Wildman–Crippen LogP) is 2.40. The molecule has 22 heavy (non-hydrogen) atoms. The Morgan fingerprint density at radius 1 is 1.59 bits per heavy atom. The molecule has 1 N–H and O–H groups in total. The number of aromatic nitrogens is 2. The molecule has 0 aliphatic carbocycles. The van der Waals surface area contributed by atoms with E-state index in [0.717, 1.165) is 25.2 Å². The maximum atomic E-state index is 11.2. The maximum Gasteiger partial charge on any atom is 0.365 e. The second kappa shape index (κ2) is 6.18. The quantitative estimate of drug-likeness (QED) is 0.650. The van der Waals surface area contributed by atoms with Gasteiger partial charge in [0.25, 0.3) is 0 Å². The molecule has 0 aromatic carbocycles. The Balaban J connectivity index is 1.87. The summed E-state index contributed by atoms with van der Waals surface area (Å²) in [6.07, 6.45) is 3.61. The van der Waals surface area contributed by atoms with Gasteiger partial charge in [-0.2, -0.15) is 4.98 Å². The number of aromatic amines is 1. The first-order chi connectivity index (χ1) is 10.6. The average molecular weight is 306 g/mol. The largest absolute Gasteiger partial charge is 0.467 e.